The number of anilines is 1. The second-order valence-electron chi connectivity index (χ2n) is 8.66. The van der Waals surface area contributed by atoms with Gasteiger partial charge in [0.2, 0.25) is 5.91 Å². The van der Waals surface area contributed by atoms with E-state index in [1.807, 2.05) is 18.2 Å². The van der Waals surface area contributed by atoms with E-state index in [1.54, 1.807) is 18.3 Å². The summed E-state index contributed by atoms with van der Waals surface area (Å²) < 4.78 is 13.8. The number of nitrogens with zero attached hydrogens (tertiary/aromatic N) is 3. The van der Waals surface area contributed by atoms with Crippen molar-refractivity contribution in [2.24, 2.45) is 11.8 Å². The van der Waals surface area contributed by atoms with E-state index >= 15 is 0 Å². The third-order valence-electron chi connectivity index (χ3n) is 6.87. The fraction of sp³-hybridized carbons (Fsp3) is 0.478. The molecule has 0 unspecified atom stereocenters. The minimum absolute atomic E-state index is 0.112. The predicted molar refractivity (Wildman–Crippen MR) is 111 cm³/mol. The number of benzene rings is 1. The zero-order chi connectivity index (χ0) is 20.0. The summed E-state index contributed by atoms with van der Waals surface area (Å²) in [4.78, 5) is 22.0. The Morgan fingerprint density at radius 3 is 2.83 bits per heavy atom. The van der Waals surface area contributed by atoms with Crippen molar-refractivity contribution in [3.63, 3.8) is 0 Å². The number of piperidine rings is 3. The van der Waals surface area contributed by atoms with Crippen LogP contribution in [-0.4, -0.2) is 41.0 Å². The maximum Gasteiger partial charge on any atom is 0.223 e. The summed E-state index contributed by atoms with van der Waals surface area (Å²) in [7, 11) is 0. The minimum atomic E-state index is -0.214. The van der Waals surface area contributed by atoms with Crippen LogP contribution in [0.1, 0.15) is 31.2 Å². The van der Waals surface area contributed by atoms with Crippen LogP contribution in [0.3, 0.4) is 0 Å². The molecule has 5 rings (SSSR count). The number of aromatic nitrogens is 1. The highest BCUT2D eigenvalue weighted by atomic mass is 35.5. The minimum Gasteiger partial charge on any atom is -0.356 e. The maximum absolute atomic E-state index is 13.8. The van der Waals surface area contributed by atoms with Gasteiger partial charge in [-0.3, -0.25) is 4.79 Å². The van der Waals surface area contributed by atoms with Crippen molar-refractivity contribution >= 4 is 23.3 Å². The Hall–Kier alpha value is -2.14. The van der Waals surface area contributed by atoms with Crippen molar-refractivity contribution in [3.05, 3.63) is 59.0 Å². The van der Waals surface area contributed by atoms with Crippen molar-refractivity contribution in [1.82, 2.24) is 9.88 Å². The van der Waals surface area contributed by atoms with Crippen LogP contribution in [-0.2, 0) is 11.2 Å². The van der Waals surface area contributed by atoms with Crippen molar-refractivity contribution in [1.29, 1.82) is 0 Å². The van der Waals surface area contributed by atoms with E-state index < -0.39 is 0 Å². The van der Waals surface area contributed by atoms with Crippen LogP contribution in [0.4, 0.5) is 10.2 Å². The monoisotopic (exact) mass is 413 g/mol. The van der Waals surface area contributed by atoms with Gasteiger partial charge >= 0.3 is 0 Å². The number of carbonyl (C=O) groups excluding carboxylic acids is 1. The second-order valence-corrected chi connectivity index (χ2v) is 9.09. The van der Waals surface area contributed by atoms with Gasteiger partial charge in [0.05, 0.1) is 5.02 Å². The molecule has 1 aromatic heterocycles. The number of hydrogen-bond donors (Lipinski definition) is 0. The number of halogens is 2. The van der Waals surface area contributed by atoms with Crippen LogP contribution in [0.5, 0.6) is 0 Å². The summed E-state index contributed by atoms with van der Waals surface area (Å²) in [5.74, 6) is 1.82. The molecular formula is C23H25ClFN3O. The molecule has 152 valence electrons. The van der Waals surface area contributed by atoms with Crippen LogP contribution < -0.4 is 4.90 Å². The van der Waals surface area contributed by atoms with Crippen LogP contribution in [0.2, 0.25) is 5.02 Å². The van der Waals surface area contributed by atoms with Crippen molar-refractivity contribution in [3.8, 4) is 0 Å². The van der Waals surface area contributed by atoms with Gasteiger partial charge in [-0.1, -0.05) is 23.7 Å². The fourth-order valence-corrected chi connectivity index (χ4v) is 5.80. The summed E-state index contributed by atoms with van der Waals surface area (Å²) in [5, 5.41) is 0.638. The van der Waals surface area contributed by atoms with E-state index in [9.17, 15) is 9.18 Å². The number of fused-ring (bicyclic) bond motifs is 4. The standard InChI is InChI=1S/C23H25ClFN3O/c24-18-7-8-22(26-12-18)27-13-16-11-17(14-27)21(10-15-3-1-4-19(25)9-15)28-20(16)5-2-6-23(28)29/h1,3-4,7-9,12,16-17,20-21H,2,5-6,10-11,13-14H2/t16-,17+,20+,21+/m1/s1. The van der Waals surface area contributed by atoms with E-state index in [2.05, 4.69) is 14.8 Å². The molecular weight excluding hydrogens is 389 g/mol. The first-order valence-electron chi connectivity index (χ1n) is 10.5. The average molecular weight is 414 g/mol. The largest absolute Gasteiger partial charge is 0.356 e. The van der Waals surface area contributed by atoms with Gasteiger partial charge in [0.1, 0.15) is 11.6 Å². The molecule has 0 radical (unpaired) electrons. The molecule has 1 aromatic carbocycles. The van der Waals surface area contributed by atoms with Gasteiger partial charge in [-0.15, -0.1) is 0 Å². The Morgan fingerprint density at radius 1 is 1.17 bits per heavy atom. The number of amides is 1. The van der Waals surface area contributed by atoms with Gasteiger partial charge in [0.15, 0.2) is 0 Å². The average Bonchev–Trinajstić information content (AvgIpc) is 2.72. The Morgan fingerprint density at radius 2 is 2.03 bits per heavy atom. The first-order chi connectivity index (χ1) is 14.1. The smallest absolute Gasteiger partial charge is 0.223 e. The molecule has 4 atom stereocenters. The van der Waals surface area contributed by atoms with Crippen LogP contribution in [0, 0.1) is 17.7 Å². The SMILES string of the molecule is O=C1CCC[C@H]2[C@@H]3C[C@@H](CN(c4ccc(Cl)cn4)C3)[C@H](Cc3cccc(F)c3)N12. The molecule has 0 aliphatic carbocycles. The first kappa shape index (κ1) is 18.9. The molecule has 0 N–H and O–H groups in total. The van der Waals surface area contributed by atoms with Crippen molar-refractivity contribution in [2.75, 3.05) is 18.0 Å². The summed E-state index contributed by atoms with van der Waals surface area (Å²) in [5.41, 5.74) is 0.965. The van der Waals surface area contributed by atoms with Crippen LogP contribution >= 0.6 is 11.6 Å². The molecule has 3 aliphatic heterocycles. The third-order valence-corrected chi connectivity index (χ3v) is 7.09. The van der Waals surface area contributed by atoms with E-state index in [1.165, 1.54) is 6.07 Å². The Labute approximate surface area is 175 Å². The molecule has 3 aliphatic rings. The Kier molecular flexibility index (Phi) is 4.94. The van der Waals surface area contributed by atoms with Gasteiger partial charge in [-0.25, -0.2) is 9.37 Å². The summed E-state index contributed by atoms with van der Waals surface area (Å²) in [6.07, 6.45) is 6.19. The summed E-state index contributed by atoms with van der Waals surface area (Å²) in [6.45, 7) is 1.79. The van der Waals surface area contributed by atoms with Crippen molar-refractivity contribution in [2.45, 2.75) is 44.2 Å². The molecule has 3 fully saturated rings. The molecule has 3 saturated heterocycles. The highest BCUT2D eigenvalue weighted by Crippen LogP contribution is 2.43. The Bertz CT molecular complexity index is 905. The lowest BCUT2D eigenvalue weighted by Crippen LogP contribution is -2.65. The first-order valence-corrected chi connectivity index (χ1v) is 10.9. The number of rotatable bonds is 3. The lowest BCUT2D eigenvalue weighted by atomic mass is 9.71. The molecule has 0 spiro atoms. The van der Waals surface area contributed by atoms with Gasteiger partial charge < -0.3 is 9.80 Å². The van der Waals surface area contributed by atoms with Crippen LogP contribution in [0.15, 0.2) is 42.6 Å². The summed E-state index contributed by atoms with van der Waals surface area (Å²) >= 11 is 6.02. The number of carbonyl (C=O) groups is 1. The van der Waals surface area contributed by atoms with E-state index in [0.29, 0.717) is 29.7 Å². The maximum atomic E-state index is 13.8. The molecule has 6 heteroatoms. The Balaban J connectivity index is 1.46. The lowest BCUT2D eigenvalue weighted by Gasteiger charge is -2.57. The molecule has 2 bridgehead atoms. The normalized spacial score (nSPS) is 29.0. The highest BCUT2D eigenvalue weighted by Gasteiger charge is 2.49. The molecule has 1 amide bonds. The molecule has 4 nitrogen and oxygen atoms in total. The summed E-state index contributed by atoms with van der Waals surface area (Å²) in [6, 6.07) is 11.1. The van der Waals surface area contributed by atoms with Gasteiger partial charge in [0, 0.05) is 37.8 Å². The van der Waals surface area contributed by atoms with Gasteiger partial charge in [0.25, 0.3) is 0 Å². The fourth-order valence-electron chi connectivity index (χ4n) is 5.69. The van der Waals surface area contributed by atoms with E-state index in [4.69, 9.17) is 11.6 Å². The highest BCUT2D eigenvalue weighted by molar-refractivity contribution is 6.30. The third kappa shape index (κ3) is 3.61. The number of pyridine rings is 1. The zero-order valence-corrected chi connectivity index (χ0v) is 17.1. The van der Waals surface area contributed by atoms with Crippen molar-refractivity contribution < 1.29 is 9.18 Å². The lowest BCUT2D eigenvalue weighted by molar-refractivity contribution is -0.148. The van der Waals surface area contributed by atoms with Gasteiger partial charge in [-0.05, 0) is 67.3 Å². The molecule has 0 saturated carbocycles. The number of hydrogen-bond acceptors (Lipinski definition) is 3. The van der Waals surface area contributed by atoms with E-state index in [-0.39, 0.29) is 23.8 Å². The van der Waals surface area contributed by atoms with Gasteiger partial charge in [-0.2, -0.15) is 0 Å². The zero-order valence-electron chi connectivity index (χ0n) is 16.3. The predicted octanol–water partition coefficient (Wildman–Crippen LogP) is 4.32. The van der Waals surface area contributed by atoms with Crippen LogP contribution in [0.25, 0.3) is 0 Å². The quantitative estimate of drug-likeness (QED) is 0.751. The molecule has 2 aromatic rings. The topological polar surface area (TPSA) is 36.4 Å². The van der Waals surface area contributed by atoms with E-state index in [0.717, 1.165) is 43.7 Å². The molecule has 4 heterocycles. The molecule has 29 heavy (non-hydrogen) atoms. The second kappa shape index (κ2) is 7.60.